The molecule has 0 spiro atoms. The van der Waals surface area contributed by atoms with Gasteiger partial charge in [-0.15, -0.1) is 5.92 Å². The first-order valence-electron chi connectivity index (χ1n) is 8.62. The van der Waals surface area contributed by atoms with Crippen molar-refractivity contribution < 1.29 is 56.3 Å². The Balaban J connectivity index is 2.29. The zero-order chi connectivity index (χ0) is 25.2. The van der Waals surface area contributed by atoms with E-state index in [2.05, 4.69) is 25.0 Å². The van der Waals surface area contributed by atoms with Crippen LogP contribution in [0.15, 0.2) is 21.9 Å². The van der Waals surface area contributed by atoms with Crippen LogP contribution in [0.2, 0.25) is 0 Å². The molecular weight excluding hydrogens is 515 g/mol. The minimum absolute atomic E-state index is 0.721. The summed E-state index contributed by atoms with van der Waals surface area (Å²) < 4.78 is 52.3. The SMILES string of the molecule is CC#CC1(N)C(CO)[C@@H](COP(=O)(O)OP(=O)(O)OP(=O)(O)O)O[C@H]1n1ccc(=O)[nH]c1=O. The highest BCUT2D eigenvalue weighted by molar-refractivity contribution is 7.66. The Morgan fingerprint density at radius 3 is 2.36 bits per heavy atom. The van der Waals surface area contributed by atoms with Crippen LogP contribution in [-0.4, -0.2) is 59.1 Å². The van der Waals surface area contributed by atoms with Crippen molar-refractivity contribution in [2.24, 2.45) is 11.7 Å². The van der Waals surface area contributed by atoms with E-state index in [-0.39, 0.29) is 0 Å². The Morgan fingerprint density at radius 2 is 1.85 bits per heavy atom. The third-order valence-electron chi connectivity index (χ3n) is 4.23. The lowest BCUT2D eigenvalue weighted by Crippen LogP contribution is -2.53. The predicted molar refractivity (Wildman–Crippen MR) is 106 cm³/mol. The molecule has 6 atom stereocenters. The second kappa shape index (κ2) is 10.0. The fourth-order valence-corrected chi connectivity index (χ4v) is 6.07. The Hall–Kier alpha value is -1.47. The van der Waals surface area contributed by atoms with E-state index in [0.717, 1.165) is 16.8 Å². The van der Waals surface area contributed by atoms with Crippen molar-refractivity contribution in [1.29, 1.82) is 0 Å². The molecule has 1 aliphatic rings. The number of rotatable bonds is 9. The molecule has 0 radical (unpaired) electrons. The van der Waals surface area contributed by atoms with Crippen LogP contribution in [0.5, 0.6) is 0 Å². The molecule has 2 rings (SSSR count). The van der Waals surface area contributed by atoms with E-state index in [9.17, 15) is 38.2 Å². The molecular formula is C13H20N3O14P3. The van der Waals surface area contributed by atoms with Gasteiger partial charge in [0, 0.05) is 18.2 Å². The Labute approximate surface area is 184 Å². The maximum atomic E-state index is 12.2. The molecule has 0 saturated carbocycles. The number of hydrogen-bond donors (Lipinski definition) is 7. The second-order valence-corrected chi connectivity index (χ2v) is 10.9. The lowest BCUT2D eigenvalue weighted by atomic mass is 9.83. The van der Waals surface area contributed by atoms with E-state index in [0.29, 0.717) is 0 Å². The fourth-order valence-electron chi connectivity index (χ4n) is 3.04. The number of nitrogens with one attached hydrogen (secondary N) is 1. The van der Waals surface area contributed by atoms with Gasteiger partial charge in [0.05, 0.1) is 19.3 Å². The number of H-pyrrole nitrogens is 1. The van der Waals surface area contributed by atoms with Crippen LogP contribution >= 0.6 is 23.5 Å². The number of ether oxygens (including phenoxy) is 1. The van der Waals surface area contributed by atoms with E-state index in [1.54, 1.807) is 0 Å². The summed E-state index contributed by atoms with van der Waals surface area (Å²) in [5.41, 5.74) is 2.85. The predicted octanol–water partition coefficient (Wildman–Crippen LogP) is -1.89. The number of nitrogens with two attached hydrogens (primary N) is 1. The summed E-state index contributed by atoms with van der Waals surface area (Å²) >= 11 is 0. The van der Waals surface area contributed by atoms with E-state index in [1.807, 2.05) is 4.98 Å². The first-order valence-corrected chi connectivity index (χ1v) is 13.1. The van der Waals surface area contributed by atoms with E-state index in [4.69, 9.17) is 20.3 Å². The molecule has 4 unspecified atom stereocenters. The number of hydrogen-bond acceptors (Lipinski definition) is 11. The smallest absolute Gasteiger partial charge is 0.396 e. The minimum atomic E-state index is -5.74. The van der Waals surface area contributed by atoms with Crippen LogP contribution in [0.25, 0.3) is 0 Å². The molecule has 1 aliphatic heterocycles. The Kier molecular flexibility index (Phi) is 8.44. The number of phosphoric ester groups is 1. The molecule has 2 heterocycles. The molecule has 186 valence electrons. The fraction of sp³-hybridized carbons (Fsp3) is 0.538. The van der Waals surface area contributed by atoms with Crippen molar-refractivity contribution in [3.05, 3.63) is 33.1 Å². The van der Waals surface area contributed by atoms with Gasteiger partial charge in [-0.25, -0.2) is 18.5 Å². The molecule has 0 amide bonds. The van der Waals surface area contributed by atoms with Gasteiger partial charge in [0.2, 0.25) is 0 Å². The topological polar surface area (TPSA) is 270 Å². The van der Waals surface area contributed by atoms with Gasteiger partial charge in [-0.2, -0.15) is 8.62 Å². The first kappa shape index (κ1) is 27.8. The highest BCUT2D eigenvalue weighted by Gasteiger charge is 2.55. The summed E-state index contributed by atoms with van der Waals surface area (Å²) in [5, 5.41) is 9.84. The van der Waals surface area contributed by atoms with Crippen molar-refractivity contribution in [2.75, 3.05) is 13.2 Å². The molecule has 0 bridgehead atoms. The molecule has 20 heteroatoms. The molecule has 1 saturated heterocycles. The Morgan fingerprint density at radius 1 is 1.21 bits per heavy atom. The van der Waals surface area contributed by atoms with Crippen LogP contribution < -0.4 is 17.0 Å². The van der Waals surface area contributed by atoms with Gasteiger partial charge in [0.1, 0.15) is 5.54 Å². The molecule has 1 aromatic heterocycles. The van der Waals surface area contributed by atoms with Gasteiger partial charge >= 0.3 is 29.2 Å². The van der Waals surface area contributed by atoms with Crippen molar-refractivity contribution in [2.45, 2.75) is 24.8 Å². The number of aliphatic hydroxyl groups excluding tert-OH is 1. The van der Waals surface area contributed by atoms with Gasteiger partial charge in [0.25, 0.3) is 5.56 Å². The van der Waals surface area contributed by atoms with Gasteiger partial charge in [0.15, 0.2) is 6.23 Å². The second-order valence-electron chi connectivity index (χ2n) is 6.53. The van der Waals surface area contributed by atoms with Crippen LogP contribution in [0, 0.1) is 17.8 Å². The normalized spacial score (nSPS) is 29.0. The standard InChI is InChI=1S/C13H20N3O14P3/c1-2-4-13(14)8(6-17)9(28-11(13)16-5-3-10(18)15-12(16)19)7-27-32(23,24)30-33(25,26)29-31(20,21)22/h3,5,8-9,11,17H,6-7,14H2,1H3,(H,23,24)(H,25,26)(H,15,18,19)(H2,20,21,22)/t8?,9-,11-,13?/m1/s1. The molecule has 17 nitrogen and oxygen atoms in total. The van der Waals surface area contributed by atoms with Gasteiger partial charge in [-0.3, -0.25) is 18.9 Å². The molecule has 33 heavy (non-hydrogen) atoms. The summed E-state index contributed by atoms with van der Waals surface area (Å²) in [6.45, 7) is -0.271. The third-order valence-corrected chi connectivity index (χ3v) is 8.04. The van der Waals surface area contributed by atoms with E-state index < -0.39 is 71.7 Å². The van der Waals surface area contributed by atoms with Crippen LogP contribution in [-0.2, 0) is 31.6 Å². The zero-order valence-electron chi connectivity index (χ0n) is 16.6. The first-order chi connectivity index (χ1) is 15.0. The molecule has 0 aromatic carbocycles. The maximum Gasteiger partial charge on any atom is 0.490 e. The monoisotopic (exact) mass is 535 g/mol. The van der Waals surface area contributed by atoms with Gasteiger partial charge in [-0.1, -0.05) is 5.92 Å². The Bertz CT molecular complexity index is 1200. The molecule has 1 aromatic rings. The largest absolute Gasteiger partial charge is 0.490 e. The number of nitrogens with zero attached hydrogens (tertiary/aromatic N) is 1. The molecule has 1 fully saturated rings. The summed E-state index contributed by atoms with van der Waals surface area (Å²) in [5.74, 6) is 3.93. The number of aliphatic hydroxyl groups is 1. The average Bonchev–Trinajstić information content (AvgIpc) is 2.88. The zero-order valence-corrected chi connectivity index (χ0v) is 19.3. The van der Waals surface area contributed by atoms with Crippen LogP contribution in [0.4, 0.5) is 0 Å². The minimum Gasteiger partial charge on any atom is -0.396 e. The van der Waals surface area contributed by atoms with Crippen molar-refractivity contribution in [1.82, 2.24) is 9.55 Å². The summed E-state index contributed by atoms with van der Waals surface area (Å²) in [7, 11) is -16.8. The molecule has 8 N–H and O–H groups in total. The quantitative estimate of drug-likeness (QED) is 0.134. The number of phosphoric acid groups is 3. The third kappa shape index (κ3) is 7.01. The maximum absolute atomic E-state index is 12.2. The van der Waals surface area contributed by atoms with Crippen molar-refractivity contribution >= 4 is 23.5 Å². The highest BCUT2D eigenvalue weighted by Crippen LogP contribution is 2.66. The van der Waals surface area contributed by atoms with Crippen molar-refractivity contribution in [3.63, 3.8) is 0 Å². The van der Waals surface area contributed by atoms with Crippen LogP contribution in [0.1, 0.15) is 13.2 Å². The molecule has 0 aliphatic carbocycles. The number of aromatic nitrogens is 2. The lowest BCUT2D eigenvalue weighted by Gasteiger charge is -2.29. The van der Waals surface area contributed by atoms with E-state index >= 15 is 0 Å². The summed E-state index contributed by atoms with van der Waals surface area (Å²) in [4.78, 5) is 61.4. The number of aromatic amines is 1. The van der Waals surface area contributed by atoms with Gasteiger partial charge < -0.3 is 35.2 Å². The highest BCUT2D eigenvalue weighted by atomic mass is 31.3. The summed E-state index contributed by atoms with van der Waals surface area (Å²) in [6.07, 6.45) is -1.75. The lowest BCUT2D eigenvalue weighted by molar-refractivity contribution is -0.0403. The van der Waals surface area contributed by atoms with Crippen molar-refractivity contribution in [3.8, 4) is 11.8 Å². The summed E-state index contributed by atoms with van der Waals surface area (Å²) in [6, 6.07) is 0.984. The average molecular weight is 535 g/mol. The van der Waals surface area contributed by atoms with Crippen LogP contribution in [0.3, 0.4) is 0 Å². The van der Waals surface area contributed by atoms with Gasteiger partial charge in [-0.05, 0) is 6.92 Å². The van der Waals surface area contributed by atoms with E-state index in [1.165, 1.54) is 6.92 Å².